The van der Waals surface area contributed by atoms with Gasteiger partial charge in [-0.3, -0.25) is 9.59 Å². The van der Waals surface area contributed by atoms with E-state index in [4.69, 9.17) is 19.3 Å². The SMILES string of the molecule is COc1ccccc1C(=O)N/C(=C/c1ccc2c(c1)OCO2)C(=O)NCCO. The lowest BCUT2D eigenvalue weighted by atomic mass is 10.1. The van der Waals surface area contributed by atoms with Crippen molar-refractivity contribution in [2.24, 2.45) is 0 Å². The number of aliphatic hydroxyl groups excluding tert-OH is 1. The number of benzene rings is 2. The normalized spacial score (nSPS) is 12.4. The molecule has 1 aliphatic rings. The van der Waals surface area contributed by atoms with Gasteiger partial charge in [-0.1, -0.05) is 18.2 Å². The number of carbonyl (C=O) groups is 2. The van der Waals surface area contributed by atoms with E-state index in [1.165, 1.54) is 13.2 Å². The Balaban J connectivity index is 1.88. The fraction of sp³-hybridized carbons (Fsp3) is 0.200. The summed E-state index contributed by atoms with van der Waals surface area (Å²) in [6.45, 7) is -0.0256. The van der Waals surface area contributed by atoms with Crippen LogP contribution in [0.15, 0.2) is 48.2 Å². The van der Waals surface area contributed by atoms with Gasteiger partial charge in [0.05, 0.1) is 19.3 Å². The molecule has 1 heterocycles. The van der Waals surface area contributed by atoms with Gasteiger partial charge in [0, 0.05) is 6.54 Å². The lowest BCUT2D eigenvalue weighted by Gasteiger charge is -2.12. The van der Waals surface area contributed by atoms with E-state index in [9.17, 15) is 9.59 Å². The highest BCUT2D eigenvalue weighted by Crippen LogP contribution is 2.33. The van der Waals surface area contributed by atoms with Gasteiger partial charge in [-0.2, -0.15) is 0 Å². The Kier molecular flexibility index (Phi) is 6.13. The summed E-state index contributed by atoms with van der Waals surface area (Å²) in [7, 11) is 1.46. The minimum absolute atomic E-state index is 0.0169. The Morgan fingerprint density at radius 1 is 1.18 bits per heavy atom. The van der Waals surface area contributed by atoms with E-state index < -0.39 is 11.8 Å². The molecule has 0 atom stereocenters. The summed E-state index contributed by atoms with van der Waals surface area (Å²) in [6.07, 6.45) is 1.52. The molecule has 3 rings (SSSR count). The topological polar surface area (TPSA) is 106 Å². The van der Waals surface area contributed by atoms with Crippen molar-refractivity contribution in [1.82, 2.24) is 10.6 Å². The molecule has 0 fully saturated rings. The van der Waals surface area contributed by atoms with Crippen LogP contribution in [0.25, 0.3) is 6.08 Å². The number of carbonyl (C=O) groups excluding carboxylic acids is 2. The van der Waals surface area contributed by atoms with Gasteiger partial charge in [0.15, 0.2) is 11.5 Å². The van der Waals surface area contributed by atoms with Gasteiger partial charge in [-0.05, 0) is 35.9 Å². The number of rotatable bonds is 7. The second-order valence-corrected chi connectivity index (χ2v) is 5.80. The third-order valence-corrected chi connectivity index (χ3v) is 3.95. The van der Waals surface area contributed by atoms with Crippen molar-refractivity contribution >= 4 is 17.9 Å². The molecule has 0 spiro atoms. The standard InChI is InChI=1S/C20H20N2O6/c1-26-16-5-3-2-4-14(16)19(24)22-15(20(25)21-8-9-23)10-13-6-7-17-18(11-13)28-12-27-17/h2-7,10-11,23H,8-9,12H2,1H3,(H,21,25)(H,22,24)/b15-10+. The van der Waals surface area contributed by atoms with E-state index >= 15 is 0 Å². The van der Waals surface area contributed by atoms with Gasteiger partial charge in [0.1, 0.15) is 11.4 Å². The average Bonchev–Trinajstić information content (AvgIpc) is 3.19. The molecule has 0 aliphatic carbocycles. The molecule has 0 aromatic heterocycles. The molecule has 0 unspecified atom stereocenters. The zero-order valence-corrected chi connectivity index (χ0v) is 15.2. The van der Waals surface area contributed by atoms with Crippen LogP contribution in [0, 0.1) is 0 Å². The van der Waals surface area contributed by atoms with Crippen molar-refractivity contribution in [2.75, 3.05) is 27.1 Å². The number of para-hydroxylation sites is 1. The molecule has 2 aromatic carbocycles. The Hall–Kier alpha value is -3.52. The molecule has 0 saturated heterocycles. The molecule has 8 nitrogen and oxygen atoms in total. The van der Waals surface area contributed by atoms with E-state index in [0.29, 0.717) is 22.8 Å². The number of amides is 2. The molecular formula is C20H20N2O6. The highest BCUT2D eigenvalue weighted by Gasteiger charge is 2.18. The Labute approximate surface area is 161 Å². The summed E-state index contributed by atoms with van der Waals surface area (Å²) in [6, 6.07) is 11.9. The van der Waals surface area contributed by atoms with Crippen molar-refractivity contribution in [3.8, 4) is 17.2 Å². The Bertz CT molecular complexity index is 909. The molecule has 28 heavy (non-hydrogen) atoms. The Morgan fingerprint density at radius 2 is 1.96 bits per heavy atom. The maximum atomic E-state index is 12.7. The number of hydrogen-bond donors (Lipinski definition) is 3. The first-order valence-corrected chi connectivity index (χ1v) is 8.57. The lowest BCUT2D eigenvalue weighted by Crippen LogP contribution is -2.36. The van der Waals surface area contributed by atoms with Crippen LogP contribution in [-0.2, 0) is 4.79 Å². The van der Waals surface area contributed by atoms with Crippen molar-refractivity contribution in [3.63, 3.8) is 0 Å². The van der Waals surface area contributed by atoms with Crippen LogP contribution in [0.4, 0.5) is 0 Å². The predicted octanol–water partition coefficient (Wildman–Crippen LogP) is 1.30. The van der Waals surface area contributed by atoms with E-state index in [2.05, 4.69) is 10.6 Å². The molecule has 2 aromatic rings. The molecule has 0 saturated carbocycles. The first-order chi connectivity index (χ1) is 13.6. The molecule has 2 amide bonds. The van der Waals surface area contributed by atoms with Gasteiger partial charge in [0.2, 0.25) is 6.79 Å². The van der Waals surface area contributed by atoms with E-state index in [-0.39, 0.29) is 31.2 Å². The summed E-state index contributed by atoms with van der Waals surface area (Å²) in [5.74, 6) is 0.526. The highest BCUT2D eigenvalue weighted by molar-refractivity contribution is 6.06. The number of fused-ring (bicyclic) bond motifs is 1. The molecule has 0 radical (unpaired) electrons. The smallest absolute Gasteiger partial charge is 0.267 e. The van der Waals surface area contributed by atoms with Crippen LogP contribution in [0.3, 0.4) is 0 Å². The second kappa shape index (κ2) is 8.92. The van der Waals surface area contributed by atoms with Gasteiger partial charge >= 0.3 is 0 Å². The molecule has 3 N–H and O–H groups in total. The molecule has 0 bridgehead atoms. The quantitative estimate of drug-likeness (QED) is 0.622. The number of methoxy groups -OCH3 is 1. The summed E-state index contributed by atoms with van der Waals surface area (Å²) in [5, 5.41) is 14.1. The fourth-order valence-electron chi connectivity index (χ4n) is 2.61. The predicted molar refractivity (Wildman–Crippen MR) is 101 cm³/mol. The zero-order chi connectivity index (χ0) is 19.9. The number of nitrogens with one attached hydrogen (secondary N) is 2. The first kappa shape index (κ1) is 19.2. The minimum Gasteiger partial charge on any atom is -0.496 e. The second-order valence-electron chi connectivity index (χ2n) is 5.80. The number of hydrogen-bond acceptors (Lipinski definition) is 6. The summed E-state index contributed by atoms with van der Waals surface area (Å²) < 4.78 is 15.8. The Morgan fingerprint density at radius 3 is 2.75 bits per heavy atom. The minimum atomic E-state index is -0.532. The van der Waals surface area contributed by atoms with Crippen LogP contribution >= 0.6 is 0 Å². The van der Waals surface area contributed by atoms with Gasteiger partial charge in [0.25, 0.3) is 11.8 Å². The molecular weight excluding hydrogens is 364 g/mol. The van der Waals surface area contributed by atoms with Crippen molar-refractivity contribution < 1.29 is 28.9 Å². The van der Waals surface area contributed by atoms with Crippen molar-refractivity contribution in [1.29, 1.82) is 0 Å². The number of aliphatic hydroxyl groups is 1. The van der Waals surface area contributed by atoms with Crippen molar-refractivity contribution in [2.45, 2.75) is 0 Å². The van der Waals surface area contributed by atoms with Crippen LogP contribution in [0.2, 0.25) is 0 Å². The van der Waals surface area contributed by atoms with Crippen LogP contribution in [0.1, 0.15) is 15.9 Å². The summed E-state index contributed by atoms with van der Waals surface area (Å²) in [5.41, 5.74) is 0.943. The van der Waals surface area contributed by atoms with Gasteiger partial charge in [-0.15, -0.1) is 0 Å². The molecule has 1 aliphatic heterocycles. The number of ether oxygens (including phenoxy) is 3. The molecule has 8 heteroatoms. The lowest BCUT2D eigenvalue weighted by molar-refractivity contribution is -0.117. The highest BCUT2D eigenvalue weighted by atomic mass is 16.7. The average molecular weight is 384 g/mol. The van der Waals surface area contributed by atoms with E-state index in [1.54, 1.807) is 42.5 Å². The summed E-state index contributed by atoms with van der Waals surface area (Å²) >= 11 is 0. The van der Waals surface area contributed by atoms with E-state index in [1.807, 2.05) is 0 Å². The largest absolute Gasteiger partial charge is 0.496 e. The zero-order valence-electron chi connectivity index (χ0n) is 15.2. The van der Waals surface area contributed by atoms with Crippen LogP contribution < -0.4 is 24.8 Å². The van der Waals surface area contributed by atoms with Gasteiger partial charge in [-0.25, -0.2) is 0 Å². The third kappa shape index (κ3) is 4.41. The first-order valence-electron chi connectivity index (χ1n) is 8.57. The fourth-order valence-corrected chi connectivity index (χ4v) is 2.61. The maximum Gasteiger partial charge on any atom is 0.267 e. The maximum absolute atomic E-state index is 12.7. The van der Waals surface area contributed by atoms with Crippen LogP contribution in [0.5, 0.6) is 17.2 Å². The summed E-state index contributed by atoms with van der Waals surface area (Å²) in [4.78, 5) is 25.2. The van der Waals surface area contributed by atoms with Crippen molar-refractivity contribution in [3.05, 3.63) is 59.3 Å². The monoisotopic (exact) mass is 384 g/mol. The van der Waals surface area contributed by atoms with E-state index in [0.717, 1.165) is 0 Å². The molecule has 146 valence electrons. The van der Waals surface area contributed by atoms with Gasteiger partial charge < -0.3 is 30.0 Å². The van der Waals surface area contributed by atoms with Crippen LogP contribution in [-0.4, -0.2) is 44.0 Å². The third-order valence-electron chi connectivity index (χ3n) is 3.95.